The molecule has 0 fully saturated rings. The second kappa shape index (κ2) is 62.1. The van der Waals surface area contributed by atoms with Gasteiger partial charge in [0, 0.05) is 12.8 Å². The van der Waals surface area contributed by atoms with E-state index in [1.165, 1.54) is 295 Å². The molecule has 0 aliphatic carbocycles. The second-order valence-electron chi connectivity index (χ2n) is 22.8. The number of aliphatic hydroxyl groups is 2. The van der Waals surface area contributed by atoms with Crippen molar-refractivity contribution in [1.82, 2.24) is 5.32 Å². The van der Waals surface area contributed by atoms with Crippen molar-refractivity contribution in [1.29, 1.82) is 0 Å². The van der Waals surface area contributed by atoms with Gasteiger partial charge in [-0.3, -0.25) is 9.59 Å². The highest BCUT2D eigenvalue weighted by molar-refractivity contribution is 5.76. The first-order chi connectivity index (χ1) is 35.5. The number of allylic oxidation sites excluding steroid dienone is 2. The first-order valence-electron chi connectivity index (χ1n) is 32.9. The SMILES string of the molecule is CCCCCC/C=C\CCCCCCCC(=O)OCCCCCCCCCCCCCCCCCCCCCCCCCCCCCCCCCCC(=O)NC(CO)C(O)CCCCCCCCCCCC. The van der Waals surface area contributed by atoms with Crippen molar-refractivity contribution in [3.8, 4) is 0 Å². The largest absolute Gasteiger partial charge is 0.466 e. The molecule has 0 saturated carbocycles. The number of amides is 1. The molecule has 72 heavy (non-hydrogen) atoms. The molecule has 0 rings (SSSR count). The van der Waals surface area contributed by atoms with Crippen molar-refractivity contribution in [3.63, 3.8) is 0 Å². The van der Waals surface area contributed by atoms with Gasteiger partial charge in [0.05, 0.1) is 25.4 Å². The molecule has 2 atom stereocenters. The van der Waals surface area contributed by atoms with Crippen LogP contribution in [0.5, 0.6) is 0 Å². The number of nitrogens with one attached hydrogen (secondary N) is 1. The fourth-order valence-corrected chi connectivity index (χ4v) is 10.5. The number of unbranched alkanes of at least 4 members (excludes halogenated alkanes) is 49. The quantitative estimate of drug-likeness (QED) is 0.0320. The van der Waals surface area contributed by atoms with Gasteiger partial charge in [0.25, 0.3) is 0 Å². The maximum absolute atomic E-state index is 12.4. The molecule has 0 aliphatic rings. The van der Waals surface area contributed by atoms with Gasteiger partial charge < -0.3 is 20.3 Å². The lowest BCUT2D eigenvalue weighted by molar-refractivity contribution is -0.143. The summed E-state index contributed by atoms with van der Waals surface area (Å²) in [5, 5.41) is 23.2. The summed E-state index contributed by atoms with van der Waals surface area (Å²) in [6, 6.07) is -0.535. The van der Waals surface area contributed by atoms with Gasteiger partial charge in [-0.15, -0.1) is 0 Å². The Hall–Kier alpha value is -1.40. The topological polar surface area (TPSA) is 95.9 Å². The molecule has 0 aromatic rings. The zero-order chi connectivity index (χ0) is 52.2. The van der Waals surface area contributed by atoms with Crippen LogP contribution in [0.3, 0.4) is 0 Å². The maximum atomic E-state index is 12.4. The van der Waals surface area contributed by atoms with Crippen molar-refractivity contribution in [2.75, 3.05) is 13.2 Å². The van der Waals surface area contributed by atoms with Crippen LogP contribution in [0.1, 0.15) is 373 Å². The Kier molecular flexibility index (Phi) is 60.9. The number of hydrogen-bond donors (Lipinski definition) is 3. The Labute approximate surface area is 450 Å². The summed E-state index contributed by atoms with van der Waals surface area (Å²) in [4.78, 5) is 24.5. The van der Waals surface area contributed by atoms with E-state index in [0.29, 0.717) is 25.9 Å². The molecule has 1 amide bonds. The molecule has 0 bridgehead atoms. The Morgan fingerprint density at radius 2 is 0.653 bits per heavy atom. The van der Waals surface area contributed by atoms with Crippen LogP contribution in [0.15, 0.2) is 12.2 Å². The van der Waals surface area contributed by atoms with Crippen molar-refractivity contribution >= 4 is 11.9 Å². The van der Waals surface area contributed by atoms with Gasteiger partial charge in [-0.2, -0.15) is 0 Å². The average molecular weight is 1020 g/mol. The van der Waals surface area contributed by atoms with Crippen molar-refractivity contribution in [2.45, 2.75) is 386 Å². The first-order valence-corrected chi connectivity index (χ1v) is 32.9. The van der Waals surface area contributed by atoms with Crippen molar-refractivity contribution in [3.05, 3.63) is 12.2 Å². The number of esters is 1. The zero-order valence-corrected chi connectivity index (χ0v) is 48.9. The predicted octanol–water partition coefficient (Wildman–Crippen LogP) is 20.8. The Bertz CT molecular complexity index is 1080. The van der Waals surface area contributed by atoms with E-state index in [1.54, 1.807) is 0 Å². The zero-order valence-electron chi connectivity index (χ0n) is 48.9. The lowest BCUT2D eigenvalue weighted by atomic mass is 10.0. The number of aliphatic hydroxyl groups excluding tert-OH is 2. The van der Waals surface area contributed by atoms with Crippen LogP contribution in [0.25, 0.3) is 0 Å². The molecule has 3 N–H and O–H groups in total. The highest BCUT2D eigenvalue weighted by Gasteiger charge is 2.20. The van der Waals surface area contributed by atoms with Crippen molar-refractivity contribution in [2.24, 2.45) is 0 Å². The van der Waals surface area contributed by atoms with Crippen LogP contribution in [0, 0.1) is 0 Å². The smallest absolute Gasteiger partial charge is 0.305 e. The van der Waals surface area contributed by atoms with Crippen molar-refractivity contribution < 1.29 is 24.5 Å². The minimum Gasteiger partial charge on any atom is -0.466 e. The van der Waals surface area contributed by atoms with Gasteiger partial charge in [-0.05, 0) is 51.4 Å². The summed E-state index contributed by atoms with van der Waals surface area (Å²) >= 11 is 0. The third-order valence-corrected chi connectivity index (χ3v) is 15.6. The lowest BCUT2D eigenvalue weighted by Crippen LogP contribution is -2.45. The Morgan fingerprint density at radius 3 is 1.00 bits per heavy atom. The van der Waals surface area contributed by atoms with E-state index in [9.17, 15) is 19.8 Å². The second-order valence-corrected chi connectivity index (χ2v) is 22.8. The molecule has 428 valence electrons. The number of carbonyl (C=O) groups excluding carboxylic acids is 2. The molecular formula is C66H129NO5. The molecule has 2 unspecified atom stereocenters. The fraction of sp³-hybridized carbons (Fsp3) is 0.939. The van der Waals surface area contributed by atoms with Gasteiger partial charge in [0.15, 0.2) is 0 Å². The number of carbonyl (C=O) groups is 2. The van der Waals surface area contributed by atoms with E-state index in [1.807, 2.05) is 0 Å². The lowest BCUT2D eigenvalue weighted by Gasteiger charge is -2.22. The summed E-state index contributed by atoms with van der Waals surface area (Å²) in [5.74, 6) is -0.0179. The van der Waals surface area contributed by atoms with E-state index in [2.05, 4.69) is 31.3 Å². The number of rotatable bonds is 62. The van der Waals surface area contributed by atoms with E-state index >= 15 is 0 Å². The van der Waals surface area contributed by atoms with E-state index in [0.717, 1.165) is 44.9 Å². The molecule has 0 heterocycles. The van der Waals surface area contributed by atoms with Gasteiger partial charge in [-0.25, -0.2) is 0 Å². The fourth-order valence-electron chi connectivity index (χ4n) is 10.5. The number of ether oxygens (including phenoxy) is 1. The molecule has 0 radical (unpaired) electrons. The molecule has 0 saturated heterocycles. The molecule has 6 nitrogen and oxygen atoms in total. The van der Waals surface area contributed by atoms with Gasteiger partial charge in [0.1, 0.15) is 0 Å². The van der Waals surface area contributed by atoms with Gasteiger partial charge in [-0.1, -0.05) is 321 Å². The molecule has 0 aromatic heterocycles. The maximum Gasteiger partial charge on any atom is 0.305 e. The van der Waals surface area contributed by atoms with Gasteiger partial charge in [0.2, 0.25) is 5.91 Å². The van der Waals surface area contributed by atoms with Crippen LogP contribution in [-0.4, -0.2) is 47.4 Å². The summed E-state index contributed by atoms with van der Waals surface area (Å²) in [7, 11) is 0. The summed E-state index contributed by atoms with van der Waals surface area (Å²) < 4.78 is 5.48. The minimum atomic E-state index is -0.658. The van der Waals surface area contributed by atoms with Crippen LogP contribution in [0.4, 0.5) is 0 Å². The standard InChI is InChI=1S/C66H129NO5/c1-3-5-7-9-11-13-15-36-40-44-48-52-56-60-66(71)72-61-57-53-49-45-41-38-35-33-31-29-27-25-23-21-19-17-16-18-20-22-24-26-28-30-32-34-37-39-43-47-51-55-59-65(70)67-63(62-68)64(69)58-54-50-46-42-14-12-10-8-6-4-2/h13,15,63-64,68-69H,3-12,14,16-62H2,1-2H3,(H,67,70)/b15-13-. The summed E-state index contributed by atoms with van der Waals surface area (Å²) in [5.41, 5.74) is 0. The number of hydrogen-bond acceptors (Lipinski definition) is 5. The van der Waals surface area contributed by atoms with Crippen LogP contribution in [-0.2, 0) is 14.3 Å². The predicted molar refractivity (Wildman–Crippen MR) is 315 cm³/mol. The van der Waals surface area contributed by atoms with Crippen LogP contribution >= 0.6 is 0 Å². The minimum absolute atomic E-state index is 0.0124. The third kappa shape index (κ3) is 57.9. The normalized spacial score (nSPS) is 12.6. The first kappa shape index (κ1) is 70.6. The van der Waals surface area contributed by atoms with Crippen LogP contribution < -0.4 is 5.32 Å². The molecule has 0 spiro atoms. The van der Waals surface area contributed by atoms with E-state index < -0.39 is 12.1 Å². The summed E-state index contributed by atoms with van der Waals surface area (Å²) in [6.45, 7) is 4.95. The third-order valence-electron chi connectivity index (χ3n) is 15.6. The molecule has 0 aliphatic heterocycles. The summed E-state index contributed by atoms with van der Waals surface area (Å²) in [6.07, 6.45) is 75.5. The molecular weight excluding hydrogens is 887 g/mol. The average Bonchev–Trinajstić information content (AvgIpc) is 3.38. The highest BCUT2D eigenvalue weighted by atomic mass is 16.5. The van der Waals surface area contributed by atoms with E-state index in [4.69, 9.17) is 4.74 Å². The Balaban J connectivity index is 3.29. The Morgan fingerprint density at radius 1 is 0.375 bits per heavy atom. The van der Waals surface area contributed by atoms with Crippen LogP contribution in [0.2, 0.25) is 0 Å². The molecule has 0 aromatic carbocycles. The van der Waals surface area contributed by atoms with E-state index in [-0.39, 0.29) is 18.5 Å². The monoisotopic (exact) mass is 1020 g/mol. The van der Waals surface area contributed by atoms with Gasteiger partial charge >= 0.3 is 5.97 Å². The molecule has 6 heteroatoms. The highest BCUT2D eigenvalue weighted by Crippen LogP contribution is 2.19.